The lowest BCUT2D eigenvalue weighted by Gasteiger charge is -2.06. The molecule has 3 aromatic rings. The van der Waals surface area contributed by atoms with E-state index in [1.54, 1.807) is 23.0 Å². The van der Waals surface area contributed by atoms with Crippen LogP contribution < -0.4 is 5.32 Å². The minimum Gasteiger partial charge on any atom is -0.444 e. The van der Waals surface area contributed by atoms with Crippen LogP contribution in [0.4, 0.5) is 10.6 Å². The third kappa shape index (κ3) is 5.00. The number of ether oxygens (including phenoxy) is 1. The standard InChI is InChI=1S/C18H14BrCl2N3O2/c19-15-10-24(9-13-6-7-14(20)8-16(13)21)23-17(15)22-18(25)26-11-12-4-2-1-3-5-12/h1-8,10H,9,11H2,(H,22,23,25). The Balaban J connectivity index is 1.61. The molecule has 8 heteroatoms. The van der Waals surface area contributed by atoms with Crippen molar-refractivity contribution in [1.29, 1.82) is 0 Å². The first-order valence-corrected chi connectivity index (χ1v) is 9.21. The summed E-state index contributed by atoms with van der Waals surface area (Å²) in [5.74, 6) is 0.369. The number of nitrogens with zero attached hydrogens (tertiary/aromatic N) is 2. The van der Waals surface area contributed by atoms with Crippen molar-refractivity contribution in [2.75, 3.05) is 5.32 Å². The first-order chi connectivity index (χ1) is 12.5. The summed E-state index contributed by atoms with van der Waals surface area (Å²) in [6.45, 7) is 0.626. The predicted octanol–water partition coefficient (Wildman–Crippen LogP) is 5.75. The topological polar surface area (TPSA) is 56.2 Å². The molecule has 0 aliphatic carbocycles. The Labute approximate surface area is 169 Å². The molecule has 0 saturated carbocycles. The van der Waals surface area contributed by atoms with Gasteiger partial charge in [-0.15, -0.1) is 0 Å². The first-order valence-electron chi connectivity index (χ1n) is 7.66. The number of carbonyl (C=O) groups excluding carboxylic acids is 1. The molecule has 0 atom stereocenters. The normalized spacial score (nSPS) is 10.6. The fourth-order valence-corrected chi connectivity index (χ4v) is 3.13. The number of carbonyl (C=O) groups is 1. The van der Waals surface area contributed by atoms with Crippen molar-refractivity contribution >= 4 is 51.0 Å². The maximum Gasteiger partial charge on any atom is 0.413 e. The zero-order chi connectivity index (χ0) is 18.5. The minimum atomic E-state index is -0.579. The van der Waals surface area contributed by atoms with E-state index in [1.165, 1.54) is 0 Å². The second-order valence-corrected chi connectivity index (χ2v) is 7.14. The smallest absolute Gasteiger partial charge is 0.413 e. The van der Waals surface area contributed by atoms with E-state index in [9.17, 15) is 4.79 Å². The van der Waals surface area contributed by atoms with Crippen molar-refractivity contribution in [3.05, 3.63) is 80.4 Å². The highest BCUT2D eigenvalue weighted by atomic mass is 79.9. The zero-order valence-electron chi connectivity index (χ0n) is 13.5. The number of hydrogen-bond donors (Lipinski definition) is 1. The molecule has 0 aliphatic heterocycles. The van der Waals surface area contributed by atoms with E-state index in [4.69, 9.17) is 27.9 Å². The molecule has 134 valence electrons. The fraction of sp³-hybridized carbons (Fsp3) is 0.111. The number of halogens is 3. The Morgan fingerprint density at radius 3 is 2.69 bits per heavy atom. The molecule has 26 heavy (non-hydrogen) atoms. The number of amides is 1. The molecule has 0 bridgehead atoms. The molecule has 2 aromatic carbocycles. The Kier molecular flexibility index (Phi) is 6.19. The maximum atomic E-state index is 12.0. The number of nitrogens with one attached hydrogen (secondary N) is 1. The van der Waals surface area contributed by atoms with Crippen LogP contribution in [0.15, 0.2) is 59.2 Å². The maximum absolute atomic E-state index is 12.0. The van der Waals surface area contributed by atoms with Crippen molar-refractivity contribution in [2.24, 2.45) is 0 Å². The van der Waals surface area contributed by atoms with Crippen LogP contribution in [0.25, 0.3) is 0 Å². The molecule has 1 heterocycles. The molecule has 1 amide bonds. The SMILES string of the molecule is O=C(Nc1nn(Cc2ccc(Cl)cc2Cl)cc1Br)OCc1ccccc1. The van der Waals surface area contributed by atoms with Gasteiger partial charge in [-0.1, -0.05) is 59.6 Å². The lowest BCUT2D eigenvalue weighted by molar-refractivity contribution is 0.155. The van der Waals surface area contributed by atoms with Crippen molar-refractivity contribution in [3.63, 3.8) is 0 Å². The molecule has 3 rings (SSSR count). The largest absolute Gasteiger partial charge is 0.444 e. The van der Waals surface area contributed by atoms with E-state index >= 15 is 0 Å². The van der Waals surface area contributed by atoms with Crippen molar-refractivity contribution in [1.82, 2.24) is 9.78 Å². The number of rotatable bonds is 5. The Morgan fingerprint density at radius 1 is 1.19 bits per heavy atom. The van der Waals surface area contributed by atoms with Gasteiger partial charge in [0.05, 0.1) is 11.0 Å². The number of hydrogen-bond acceptors (Lipinski definition) is 3. The molecular formula is C18H14BrCl2N3O2. The summed E-state index contributed by atoms with van der Waals surface area (Å²) in [4.78, 5) is 12.0. The lowest BCUT2D eigenvalue weighted by atomic mass is 10.2. The van der Waals surface area contributed by atoms with Gasteiger partial charge in [-0.3, -0.25) is 10.00 Å². The van der Waals surface area contributed by atoms with Gasteiger partial charge in [0.2, 0.25) is 0 Å². The fourth-order valence-electron chi connectivity index (χ4n) is 2.24. The van der Waals surface area contributed by atoms with Crippen molar-refractivity contribution in [3.8, 4) is 0 Å². The highest BCUT2D eigenvalue weighted by Crippen LogP contribution is 2.24. The highest BCUT2D eigenvalue weighted by Gasteiger charge is 2.12. The summed E-state index contributed by atoms with van der Waals surface area (Å²) in [6.07, 6.45) is 1.17. The van der Waals surface area contributed by atoms with Crippen LogP contribution in [0.2, 0.25) is 10.0 Å². The Bertz CT molecular complexity index is 916. The average molecular weight is 455 g/mol. The predicted molar refractivity (Wildman–Crippen MR) is 106 cm³/mol. The molecule has 0 unspecified atom stereocenters. The molecule has 0 fully saturated rings. The van der Waals surface area contributed by atoms with E-state index in [2.05, 4.69) is 26.3 Å². The van der Waals surface area contributed by atoms with Crippen LogP contribution in [-0.2, 0) is 17.9 Å². The van der Waals surface area contributed by atoms with Crippen molar-refractivity contribution in [2.45, 2.75) is 13.2 Å². The third-order valence-electron chi connectivity index (χ3n) is 3.50. The van der Waals surface area contributed by atoms with Gasteiger partial charge in [-0.25, -0.2) is 4.79 Å². The molecule has 0 radical (unpaired) electrons. The molecule has 0 spiro atoms. The van der Waals surface area contributed by atoms with E-state index < -0.39 is 6.09 Å². The Hall–Kier alpha value is -2.02. The van der Waals surface area contributed by atoms with Crippen LogP contribution in [0, 0.1) is 0 Å². The summed E-state index contributed by atoms with van der Waals surface area (Å²) >= 11 is 15.5. The monoisotopic (exact) mass is 453 g/mol. The van der Waals surface area contributed by atoms with Gasteiger partial charge in [0.1, 0.15) is 6.61 Å². The van der Waals surface area contributed by atoms with Gasteiger partial charge in [0.25, 0.3) is 0 Å². The number of anilines is 1. The van der Waals surface area contributed by atoms with E-state index in [0.29, 0.717) is 26.9 Å². The molecule has 0 aliphatic rings. The molecule has 5 nitrogen and oxygen atoms in total. The zero-order valence-corrected chi connectivity index (χ0v) is 16.6. The Morgan fingerprint density at radius 2 is 1.96 bits per heavy atom. The van der Waals surface area contributed by atoms with E-state index in [0.717, 1.165) is 11.1 Å². The van der Waals surface area contributed by atoms with Gasteiger partial charge in [0, 0.05) is 16.2 Å². The highest BCUT2D eigenvalue weighted by molar-refractivity contribution is 9.10. The van der Waals surface area contributed by atoms with E-state index in [-0.39, 0.29) is 6.61 Å². The summed E-state index contributed by atoms with van der Waals surface area (Å²) in [6, 6.07) is 14.7. The lowest BCUT2D eigenvalue weighted by Crippen LogP contribution is -2.14. The van der Waals surface area contributed by atoms with Crippen LogP contribution in [-0.4, -0.2) is 15.9 Å². The average Bonchev–Trinajstić information content (AvgIpc) is 2.96. The molecular weight excluding hydrogens is 441 g/mol. The first kappa shape index (κ1) is 18.8. The molecule has 1 N–H and O–H groups in total. The summed E-state index contributed by atoms with van der Waals surface area (Å²) < 4.78 is 7.49. The van der Waals surface area contributed by atoms with Gasteiger partial charge < -0.3 is 4.74 Å². The van der Waals surface area contributed by atoms with Crippen LogP contribution in [0.5, 0.6) is 0 Å². The summed E-state index contributed by atoms with van der Waals surface area (Å²) in [5, 5.41) is 8.08. The summed E-state index contributed by atoms with van der Waals surface area (Å²) in [7, 11) is 0. The van der Waals surface area contributed by atoms with Crippen molar-refractivity contribution < 1.29 is 9.53 Å². The van der Waals surface area contributed by atoms with Gasteiger partial charge in [0.15, 0.2) is 5.82 Å². The van der Waals surface area contributed by atoms with E-state index in [1.807, 2.05) is 36.4 Å². The quantitative estimate of drug-likeness (QED) is 0.533. The van der Waals surface area contributed by atoms with Gasteiger partial charge in [-0.05, 0) is 39.2 Å². The molecule has 1 aromatic heterocycles. The van der Waals surface area contributed by atoms with Gasteiger partial charge in [-0.2, -0.15) is 5.10 Å². The van der Waals surface area contributed by atoms with Crippen LogP contribution >= 0.6 is 39.1 Å². The van der Waals surface area contributed by atoms with Crippen LogP contribution in [0.1, 0.15) is 11.1 Å². The number of aromatic nitrogens is 2. The molecule has 0 saturated heterocycles. The number of benzene rings is 2. The second-order valence-electron chi connectivity index (χ2n) is 5.45. The van der Waals surface area contributed by atoms with Gasteiger partial charge >= 0.3 is 6.09 Å². The summed E-state index contributed by atoms with van der Waals surface area (Å²) in [5.41, 5.74) is 1.77. The third-order valence-corrected chi connectivity index (χ3v) is 4.66. The minimum absolute atomic E-state index is 0.186. The van der Waals surface area contributed by atoms with Crippen LogP contribution in [0.3, 0.4) is 0 Å². The second kappa shape index (κ2) is 8.58.